The molecule has 4 heterocycles. The van der Waals surface area contributed by atoms with Gasteiger partial charge in [-0.25, -0.2) is 9.59 Å². The second kappa shape index (κ2) is 8.83. The summed E-state index contributed by atoms with van der Waals surface area (Å²) < 4.78 is 11.1. The normalized spacial score (nSPS) is 23.8. The topological polar surface area (TPSA) is 101 Å². The van der Waals surface area contributed by atoms with Crippen molar-refractivity contribution < 1.29 is 23.9 Å². The Morgan fingerprint density at radius 3 is 2.41 bits per heavy atom. The van der Waals surface area contributed by atoms with E-state index in [2.05, 4.69) is 15.2 Å². The number of fused-ring (bicyclic) bond motifs is 2. The third-order valence-electron chi connectivity index (χ3n) is 8.11. The molecule has 1 aromatic heterocycles. The molecule has 3 fully saturated rings. The summed E-state index contributed by atoms with van der Waals surface area (Å²) in [5.74, 6) is -0.549. The number of carbonyl (C=O) groups is 3. The van der Waals surface area contributed by atoms with Crippen LogP contribution in [0.15, 0.2) is 36.5 Å². The van der Waals surface area contributed by atoms with Crippen molar-refractivity contribution in [3.63, 3.8) is 0 Å². The Morgan fingerprint density at radius 2 is 1.78 bits per heavy atom. The SMILES string of the molecule is CC(C)OC(=O)N1CCN(c2ccc(C3(C(=O)c4nccc5c4C(=O)O[C@]54CCNC4)CC3)cc2)CC1. The lowest BCUT2D eigenvalue weighted by Crippen LogP contribution is -2.49. The summed E-state index contributed by atoms with van der Waals surface area (Å²) in [6, 6.07) is 9.94. The molecular weight excluding hydrogens is 472 g/mol. The molecule has 1 N–H and O–H groups in total. The number of hydrogen-bond acceptors (Lipinski definition) is 8. The highest BCUT2D eigenvalue weighted by molar-refractivity contribution is 6.12. The monoisotopic (exact) mass is 504 g/mol. The van der Waals surface area contributed by atoms with E-state index in [4.69, 9.17) is 9.47 Å². The van der Waals surface area contributed by atoms with Gasteiger partial charge in [0.2, 0.25) is 0 Å². The summed E-state index contributed by atoms with van der Waals surface area (Å²) in [4.78, 5) is 47.3. The van der Waals surface area contributed by atoms with Crippen LogP contribution < -0.4 is 10.2 Å². The second-order valence-corrected chi connectivity index (χ2v) is 10.8. The number of ketones is 1. The van der Waals surface area contributed by atoms with Crippen molar-refractivity contribution in [3.8, 4) is 0 Å². The predicted molar refractivity (Wildman–Crippen MR) is 136 cm³/mol. The van der Waals surface area contributed by atoms with Gasteiger partial charge in [-0.05, 0) is 57.0 Å². The van der Waals surface area contributed by atoms with Gasteiger partial charge in [0.25, 0.3) is 0 Å². The van der Waals surface area contributed by atoms with Crippen molar-refractivity contribution in [1.29, 1.82) is 0 Å². The maximum absolute atomic E-state index is 13.9. The number of nitrogens with one attached hydrogen (secondary N) is 1. The number of rotatable bonds is 5. The molecule has 2 saturated heterocycles. The number of carbonyl (C=O) groups excluding carboxylic acids is 3. The van der Waals surface area contributed by atoms with E-state index in [9.17, 15) is 14.4 Å². The first kappa shape index (κ1) is 23.9. The van der Waals surface area contributed by atoms with Crippen molar-refractivity contribution in [1.82, 2.24) is 15.2 Å². The van der Waals surface area contributed by atoms with Crippen LogP contribution in [0.5, 0.6) is 0 Å². The van der Waals surface area contributed by atoms with E-state index < -0.39 is 17.0 Å². The molecule has 1 amide bonds. The maximum Gasteiger partial charge on any atom is 0.410 e. The number of pyridine rings is 1. The van der Waals surface area contributed by atoms with Crippen LogP contribution in [0.3, 0.4) is 0 Å². The van der Waals surface area contributed by atoms with Gasteiger partial charge in [-0.1, -0.05) is 12.1 Å². The third kappa shape index (κ3) is 3.96. The molecule has 194 valence electrons. The van der Waals surface area contributed by atoms with Crippen LogP contribution >= 0.6 is 0 Å². The Morgan fingerprint density at radius 1 is 1.05 bits per heavy atom. The molecule has 0 radical (unpaired) electrons. The van der Waals surface area contributed by atoms with E-state index in [0.717, 1.165) is 49.3 Å². The minimum Gasteiger partial charge on any atom is -0.449 e. The van der Waals surface area contributed by atoms with Gasteiger partial charge in [-0.2, -0.15) is 0 Å². The number of piperazine rings is 1. The zero-order valence-corrected chi connectivity index (χ0v) is 21.3. The first-order chi connectivity index (χ1) is 17.8. The Kier molecular flexibility index (Phi) is 5.71. The molecule has 2 aromatic rings. The number of aromatic nitrogens is 1. The highest BCUT2D eigenvalue weighted by Gasteiger charge is 2.55. The molecule has 6 rings (SSSR count). The molecule has 4 aliphatic rings. The van der Waals surface area contributed by atoms with E-state index >= 15 is 0 Å². The summed E-state index contributed by atoms with van der Waals surface area (Å²) >= 11 is 0. The second-order valence-electron chi connectivity index (χ2n) is 10.8. The third-order valence-corrected chi connectivity index (χ3v) is 8.11. The first-order valence-electron chi connectivity index (χ1n) is 13.1. The van der Waals surface area contributed by atoms with Gasteiger partial charge in [-0.15, -0.1) is 0 Å². The zero-order chi connectivity index (χ0) is 25.8. The quantitative estimate of drug-likeness (QED) is 0.490. The van der Waals surface area contributed by atoms with Crippen LogP contribution in [-0.2, 0) is 20.5 Å². The summed E-state index contributed by atoms with van der Waals surface area (Å²) in [7, 11) is 0. The zero-order valence-electron chi connectivity index (χ0n) is 21.3. The minimum absolute atomic E-state index is 0.102. The van der Waals surface area contributed by atoms with Crippen LogP contribution in [0.4, 0.5) is 10.5 Å². The highest BCUT2D eigenvalue weighted by atomic mass is 16.6. The summed E-state index contributed by atoms with van der Waals surface area (Å²) in [5.41, 5.74) is 2.03. The Bertz CT molecular complexity index is 1240. The number of anilines is 1. The van der Waals surface area contributed by atoms with Crippen LogP contribution in [0.2, 0.25) is 0 Å². The number of amides is 1. The van der Waals surface area contributed by atoms with Gasteiger partial charge in [0, 0.05) is 56.6 Å². The molecule has 0 unspecified atom stereocenters. The molecule has 1 saturated carbocycles. The number of ether oxygens (including phenoxy) is 2. The Balaban J connectivity index is 1.19. The van der Waals surface area contributed by atoms with E-state index in [1.165, 1.54) is 0 Å². The van der Waals surface area contributed by atoms with E-state index in [1.54, 1.807) is 11.1 Å². The largest absolute Gasteiger partial charge is 0.449 e. The summed E-state index contributed by atoms with van der Waals surface area (Å²) in [6.07, 6.45) is 3.39. The maximum atomic E-state index is 13.9. The number of benzene rings is 1. The molecule has 3 aliphatic heterocycles. The number of nitrogens with zero attached hydrogens (tertiary/aromatic N) is 3. The molecule has 1 aliphatic carbocycles. The number of hydrogen-bond donors (Lipinski definition) is 1. The van der Waals surface area contributed by atoms with E-state index in [0.29, 0.717) is 31.6 Å². The predicted octanol–water partition coefficient (Wildman–Crippen LogP) is 3.02. The van der Waals surface area contributed by atoms with E-state index in [-0.39, 0.29) is 23.7 Å². The van der Waals surface area contributed by atoms with Crippen molar-refractivity contribution in [2.75, 3.05) is 44.2 Å². The van der Waals surface area contributed by atoms with Crippen LogP contribution in [-0.4, -0.2) is 73.1 Å². The lowest BCUT2D eigenvalue weighted by Gasteiger charge is -2.36. The molecule has 9 nitrogen and oxygen atoms in total. The van der Waals surface area contributed by atoms with Crippen molar-refractivity contribution in [2.24, 2.45) is 0 Å². The van der Waals surface area contributed by atoms with Gasteiger partial charge in [0.1, 0.15) is 5.69 Å². The molecule has 37 heavy (non-hydrogen) atoms. The standard InChI is InChI=1S/C28H32N4O5/c1-18(2)36-26(35)32-15-13-31(14-16-32)20-5-3-19(4-6-20)27(8-9-27)24(33)23-22-21(7-11-30-23)28(37-25(22)34)10-12-29-17-28/h3-7,11,18,29H,8-10,12-17H2,1-2H3/t28-/m0/s1. The summed E-state index contributed by atoms with van der Waals surface area (Å²) in [5, 5.41) is 3.27. The first-order valence-corrected chi connectivity index (χ1v) is 13.1. The molecule has 0 bridgehead atoms. The number of esters is 1. The molecule has 1 atom stereocenters. The van der Waals surface area contributed by atoms with Gasteiger partial charge >= 0.3 is 12.1 Å². The lowest BCUT2D eigenvalue weighted by molar-refractivity contribution is 0.00156. The number of Topliss-reactive ketones (excluding diaryl/α,β-unsaturated/α-hetero) is 1. The molecular formula is C28H32N4O5. The Hall–Kier alpha value is -3.46. The lowest BCUT2D eigenvalue weighted by atomic mass is 9.85. The van der Waals surface area contributed by atoms with Gasteiger partial charge < -0.3 is 24.6 Å². The van der Waals surface area contributed by atoms with Crippen LogP contribution in [0.1, 0.15) is 65.1 Å². The van der Waals surface area contributed by atoms with Gasteiger partial charge in [0.15, 0.2) is 11.4 Å². The minimum atomic E-state index is -0.682. The molecule has 1 aromatic carbocycles. The van der Waals surface area contributed by atoms with Crippen LogP contribution in [0, 0.1) is 0 Å². The fourth-order valence-corrected chi connectivity index (χ4v) is 5.90. The average molecular weight is 505 g/mol. The highest BCUT2D eigenvalue weighted by Crippen LogP contribution is 2.52. The average Bonchev–Trinajstić information content (AvgIpc) is 3.50. The van der Waals surface area contributed by atoms with Crippen LogP contribution in [0.25, 0.3) is 0 Å². The fourth-order valence-electron chi connectivity index (χ4n) is 5.90. The van der Waals surface area contributed by atoms with Crippen molar-refractivity contribution in [2.45, 2.75) is 50.2 Å². The van der Waals surface area contributed by atoms with Crippen molar-refractivity contribution >= 4 is 23.5 Å². The smallest absolute Gasteiger partial charge is 0.410 e. The molecule has 9 heteroatoms. The van der Waals surface area contributed by atoms with Crippen molar-refractivity contribution in [3.05, 3.63) is 58.9 Å². The summed E-state index contributed by atoms with van der Waals surface area (Å²) in [6.45, 7) is 7.67. The molecule has 1 spiro atoms. The van der Waals surface area contributed by atoms with Gasteiger partial charge in [0.05, 0.1) is 17.1 Å². The van der Waals surface area contributed by atoms with E-state index in [1.807, 2.05) is 44.2 Å². The van der Waals surface area contributed by atoms with Gasteiger partial charge in [-0.3, -0.25) is 9.78 Å². The fraction of sp³-hybridized carbons (Fsp3) is 0.500. The Labute approximate surface area is 216 Å².